The Bertz CT molecular complexity index is 480. The molecule has 0 amide bonds. The summed E-state index contributed by atoms with van der Waals surface area (Å²) in [5, 5.41) is 4.28. The van der Waals surface area contributed by atoms with E-state index in [9.17, 15) is 0 Å². The third-order valence-corrected chi connectivity index (χ3v) is 4.46. The Kier molecular flexibility index (Phi) is 4.62. The molecule has 1 aromatic carbocycles. The summed E-state index contributed by atoms with van der Waals surface area (Å²) in [6, 6.07) is 12.5. The molecule has 0 aliphatic carbocycles. The molecule has 0 bridgehead atoms. The molecule has 1 nitrogen and oxygen atoms in total. The van der Waals surface area contributed by atoms with Crippen LogP contribution in [-0.4, -0.2) is 0 Å². The highest BCUT2D eigenvalue weighted by Crippen LogP contribution is 2.23. The first kappa shape index (κ1) is 13.1. The van der Waals surface area contributed by atoms with E-state index in [4.69, 9.17) is 11.6 Å². The van der Waals surface area contributed by atoms with E-state index < -0.39 is 0 Å². The van der Waals surface area contributed by atoms with E-state index in [1.807, 2.05) is 12.1 Å². The van der Waals surface area contributed by atoms with Crippen LogP contribution in [-0.2, 0) is 6.54 Å². The predicted octanol–water partition coefficient (Wildman–Crippen LogP) is 5.01. The largest absolute Gasteiger partial charge is 0.305 e. The molecule has 0 unspecified atom stereocenters. The van der Waals surface area contributed by atoms with Crippen molar-refractivity contribution in [2.45, 2.75) is 19.5 Å². The van der Waals surface area contributed by atoms with Gasteiger partial charge in [-0.2, -0.15) is 0 Å². The Hall–Kier alpha value is -0.350. The number of hydrogen-bond donors (Lipinski definition) is 1. The Labute approximate surface area is 119 Å². The van der Waals surface area contributed by atoms with Crippen molar-refractivity contribution >= 4 is 38.9 Å². The summed E-state index contributed by atoms with van der Waals surface area (Å²) < 4.78 is 1.17. The Morgan fingerprint density at radius 1 is 1.24 bits per heavy atom. The first-order chi connectivity index (χ1) is 8.15. The highest BCUT2D eigenvalue weighted by molar-refractivity contribution is 9.11. The van der Waals surface area contributed by atoms with Gasteiger partial charge in [-0.05, 0) is 52.7 Å². The number of thiophene rings is 1. The average Bonchev–Trinajstić information content (AvgIpc) is 2.73. The lowest BCUT2D eigenvalue weighted by molar-refractivity contribution is 0.579. The molecule has 0 spiro atoms. The highest BCUT2D eigenvalue weighted by Gasteiger charge is 2.05. The summed E-state index contributed by atoms with van der Waals surface area (Å²) in [5.41, 5.74) is 1.25. The zero-order chi connectivity index (χ0) is 12.3. The first-order valence-electron chi connectivity index (χ1n) is 5.38. The van der Waals surface area contributed by atoms with E-state index >= 15 is 0 Å². The van der Waals surface area contributed by atoms with Gasteiger partial charge in [0.25, 0.3) is 0 Å². The molecule has 0 saturated heterocycles. The lowest BCUT2D eigenvalue weighted by Gasteiger charge is -2.13. The van der Waals surface area contributed by atoms with Crippen LogP contribution >= 0.6 is 38.9 Å². The fraction of sp³-hybridized carbons (Fsp3) is 0.231. The van der Waals surface area contributed by atoms with Crippen LogP contribution in [0.2, 0.25) is 5.02 Å². The second kappa shape index (κ2) is 6.01. The van der Waals surface area contributed by atoms with Crippen LogP contribution in [0.5, 0.6) is 0 Å². The SMILES string of the molecule is C[C@@H](NCc1ccc(Br)s1)c1ccc(Cl)cc1. The maximum atomic E-state index is 5.87. The van der Waals surface area contributed by atoms with Crippen molar-refractivity contribution < 1.29 is 0 Å². The van der Waals surface area contributed by atoms with Crippen molar-refractivity contribution in [2.75, 3.05) is 0 Å². The van der Waals surface area contributed by atoms with Crippen LogP contribution in [0, 0.1) is 0 Å². The maximum absolute atomic E-state index is 5.87. The summed E-state index contributed by atoms with van der Waals surface area (Å²) in [5.74, 6) is 0. The van der Waals surface area contributed by atoms with E-state index in [0.29, 0.717) is 6.04 Å². The molecule has 1 aromatic heterocycles. The van der Waals surface area contributed by atoms with Gasteiger partial charge in [0.15, 0.2) is 0 Å². The second-order valence-electron chi connectivity index (χ2n) is 3.86. The minimum absolute atomic E-state index is 0.327. The number of benzene rings is 1. The quantitative estimate of drug-likeness (QED) is 0.830. The molecule has 0 aliphatic heterocycles. The molecule has 1 N–H and O–H groups in total. The monoisotopic (exact) mass is 329 g/mol. The normalized spacial score (nSPS) is 12.6. The van der Waals surface area contributed by atoms with Gasteiger partial charge in [-0.15, -0.1) is 11.3 Å². The molecular weight excluding hydrogens is 318 g/mol. The van der Waals surface area contributed by atoms with Crippen LogP contribution in [0.4, 0.5) is 0 Å². The average molecular weight is 331 g/mol. The minimum Gasteiger partial charge on any atom is -0.305 e. The number of rotatable bonds is 4. The van der Waals surface area contributed by atoms with E-state index in [2.05, 4.69) is 52.4 Å². The lowest BCUT2D eigenvalue weighted by Crippen LogP contribution is -2.17. The molecule has 0 aliphatic rings. The fourth-order valence-corrected chi connectivity index (χ4v) is 3.13. The van der Waals surface area contributed by atoms with Crippen molar-refractivity contribution in [3.63, 3.8) is 0 Å². The van der Waals surface area contributed by atoms with E-state index in [-0.39, 0.29) is 0 Å². The Morgan fingerprint density at radius 2 is 1.94 bits per heavy atom. The summed E-state index contributed by atoms with van der Waals surface area (Å²) in [6.07, 6.45) is 0. The van der Waals surface area contributed by atoms with Crippen LogP contribution in [0.3, 0.4) is 0 Å². The van der Waals surface area contributed by atoms with Crippen molar-refractivity contribution in [1.29, 1.82) is 0 Å². The summed E-state index contributed by atoms with van der Waals surface area (Å²) in [4.78, 5) is 1.33. The molecule has 4 heteroatoms. The van der Waals surface area contributed by atoms with Gasteiger partial charge in [-0.3, -0.25) is 0 Å². The van der Waals surface area contributed by atoms with Crippen LogP contribution in [0.15, 0.2) is 40.2 Å². The van der Waals surface area contributed by atoms with Crippen molar-refractivity contribution in [1.82, 2.24) is 5.32 Å². The van der Waals surface area contributed by atoms with Gasteiger partial charge >= 0.3 is 0 Å². The molecule has 17 heavy (non-hydrogen) atoms. The van der Waals surface area contributed by atoms with Gasteiger partial charge in [0.1, 0.15) is 0 Å². The maximum Gasteiger partial charge on any atom is 0.0701 e. The molecular formula is C13H13BrClNS. The predicted molar refractivity (Wildman–Crippen MR) is 78.7 cm³/mol. The van der Waals surface area contributed by atoms with E-state index in [0.717, 1.165) is 11.6 Å². The lowest BCUT2D eigenvalue weighted by atomic mass is 10.1. The highest BCUT2D eigenvalue weighted by atomic mass is 79.9. The topological polar surface area (TPSA) is 12.0 Å². The van der Waals surface area contributed by atoms with Crippen LogP contribution in [0.25, 0.3) is 0 Å². The van der Waals surface area contributed by atoms with Crippen molar-refractivity contribution in [3.8, 4) is 0 Å². The van der Waals surface area contributed by atoms with Gasteiger partial charge in [0, 0.05) is 22.5 Å². The summed E-state index contributed by atoms with van der Waals surface area (Å²) in [6.45, 7) is 3.05. The van der Waals surface area contributed by atoms with Crippen molar-refractivity contribution in [3.05, 3.63) is 55.6 Å². The van der Waals surface area contributed by atoms with Crippen LogP contribution < -0.4 is 5.32 Å². The second-order valence-corrected chi connectivity index (χ2v) is 6.84. The zero-order valence-electron chi connectivity index (χ0n) is 9.41. The fourth-order valence-electron chi connectivity index (χ4n) is 1.57. The Balaban J connectivity index is 1.93. The van der Waals surface area contributed by atoms with Gasteiger partial charge in [0.2, 0.25) is 0 Å². The molecule has 90 valence electrons. The first-order valence-corrected chi connectivity index (χ1v) is 7.37. The third-order valence-electron chi connectivity index (χ3n) is 2.58. The number of hydrogen-bond acceptors (Lipinski definition) is 2. The number of halogens is 2. The zero-order valence-corrected chi connectivity index (χ0v) is 12.6. The molecule has 2 aromatic rings. The summed E-state index contributed by atoms with van der Waals surface area (Å²) in [7, 11) is 0. The van der Waals surface area contributed by atoms with Gasteiger partial charge in [-0.1, -0.05) is 23.7 Å². The minimum atomic E-state index is 0.327. The third kappa shape index (κ3) is 3.81. The van der Waals surface area contributed by atoms with E-state index in [1.54, 1.807) is 11.3 Å². The van der Waals surface area contributed by atoms with Gasteiger partial charge in [0.05, 0.1) is 3.79 Å². The van der Waals surface area contributed by atoms with Crippen LogP contribution in [0.1, 0.15) is 23.4 Å². The number of nitrogens with one attached hydrogen (secondary N) is 1. The molecule has 0 saturated carbocycles. The molecule has 0 radical (unpaired) electrons. The van der Waals surface area contributed by atoms with E-state index in [1.165, 1.54) is 14.2 Å². The molecule has 0 fully saturated rings. The molecule has 2 rings (SSSR count). The van der Waals surface area contributed by atoms with Gasteiger partial charge in [-0.25, -0.2) is 0 Å². The summed E-state index contributed by atoms with van der Waals surface area (Å²) >= 11 is 11.1. The smallest absolute Gasteiger partial charge is 0.0701 e. The van der Waals surface area contributed by atoms with Crippen molar-refractivity contribution in [2.24, 2.45) is 0 Å². The molecule has 1 atom stereocenters. The molecule has 1 heterocycles. The van der Waals surface area contributed by atoms with Gasteiger partial charge < -0.3 is 5.32 Å². The Morgan fingerprint density at radius 3 is 2.53 bits per heavy atom. The standard InChI is InChI=1S/C13H13BrClNS/c1-9(10-2-4-11(15)5-3-10)16-8-12-6-7-13(14)17-12/h2-7,9,16H,8H2,1H3/t9-/m1/s1.